The van der Waals surface area contributed by atoms with Crippen LogP contribution in [0.15, 0.2) is 35.0 Å². The molecule has 0 radical (unpaired) electrons. The van der Waals surface area contributed by atoms with Gasteiger partial charge in [-0.15, -0.1) is 0 Å². The third-order valence-electron chi connectivity index (χ3n) is 13.4. The van der Waals surface area contributed by atoms with E-state index in [0.717, 1.165) is 46.7 Å². The quantitative estimate of drug-likeness (QED) is 0.00302. The summed E-state index contributed by atoms with van der Waals surface area (Å²) in [5, 5.41) is 69.2. The maximum atomic E-state index is 15.0. The van der Waals surface area contributed by atoms with E-state index in [0.29, 0.717) is 12.8 Å². The zero-order chi connectivity index (χ0) is 70.5. The first-order valence-corrected chi connectivity index (χ1v) is 37.4. The molecule has 0 aliphatic carbocycles. The number of nitrogens with zero attached hydrogens (tertiary/aromatic N) is 12. The first-order valence-electron chi connectivity index (χ1n) is 28.9. The van der Waals surface area contributed by atoms with Gasteiger partial charge in [-0.05, 0) is 11.1 Å². The number of hydrogen-bond donors (Lipinski definition) is 13. The molecular formula is C46H83F4N16O22P5. The summed E-state index contributed by atoms with van der Waals surface area (Å²) >= 11 is 0. The molecule has 532 valence electrons. The van der Waals surface area contributed by atoms with E-state index in [4.69, 9.17) is 52.3 Å². The van der Waals surface area contributed by atoms with Crippen LogP contribution in [0.4, 0.5) is 29.2 Å². The Morgan fingerprint density at radius 2 is 1.09 bits per heavy atom. The number of anilines is 2. The zero-order valence-corrected chi connectivity index (χ0v) is 56.0. The van der Waals surface area contributed by atoms with E-state index in [-0.39, 0.29) is 41.5 Å². The van der Waals surface area contributed by atoms with Gasteiger partial charge in [0.1, 0.15) is 48.1 Å². The van der Waals surface area contributed by atoms with Crippen LogP contribution in [-0.2, 0) is 55.3 Å². The molecule has 0 amide bonds. The molecule has 2 saturated heterocycles. The number of azide groups is 2. The van der Waals surface area contributed by atoms with E-state index in [9.17, 15) is 61.4 Å². The molecule has 2 aliphatic heterocycles. The Bertz CT molecular complexity index is 3180. The van der Waals surface area contributed by atoms with E-state index in [2.05, 4.69) is 106 Å². The molecule has 0 spiro atoms. The summed E-state index contributed by atoms with van der Waals surface area (Å²) < 4.78 is 135. The fourth-order valence-electron chi connectivity index (χ4n) is 8.61. The van der Waals surface area contributed by atoms with Crippen molar-refractivity contribution in [1.82, 2.24) is 39.4 Å². The van der Waals surface area contributed by atoms with Crippen LogP contribution in [-0.4, -0.2) is 137 Å². The molecule has 38 nitrogen and oxygen atoms in total. The third-order valence-corrected chi connectivity index (χ3v) is 23.0. The number of aliphatic hydroxyl groups excluding tert-OH is 3. The summed E-state index contributed by atoms with van der Waals surface area (Å²) in [4.78, 5) is 59.3. The van der Waals surface area contributed by atoms with Gasteiger partial charge in [0.2, 0.25) is 0 Å². The van der Waals surface area contributed by atoms with Crippen molar-refractivity contribution in [2.24, 2.45) is 10.2 Å². The number of aliphatic hydroxyl groups is 3. The Balaban J connectivity index is 0.000000440. The summed E-state index contributed by atoms with van der Waals surface area (Å²) in [7, 11) is -25.7. The number of fused-ring (bicyclic) bond motifs is 2. The molecule has 4 aromatic heterocycles. The van der Waals surface area contributed by atoms with Crippen molar-refractivity contribution in [3.63, 3.8) is 0 Å². The first kappa shape index (κ1) is 84.7. The maximum Gasteiger partial charge on any atom is 0.490 e. The smallest absolute Gasteiger partial charge is 0.393 e. The van der Waals surface area contributed by atoms with E-state index in [1.54, 1.807) is 0 Å². The largest absolute Gasteiger partial charge is 0.490 e. The van der Waals surface area contributed by atoms with Gasteiger partial charge in [-0.3, -0.25) is 4.52 Å². The van der Waals surface area contributed by atoms with Crippen molar-refractivity contribution in [1.29, 1.82) is 0 Å². The van der Waals surface area contributed by atoms with Gasteiger partial charge in [0, 0.05) is 22.0 Å². The number of nitrogens with two attached hydrogens (primary N) is 2. The Hall–Kier alpha value is -4.40. The van der Waals surface area contributed by atoms with E-state index < -0.39 is 117 Å². The van der Waals surface area contributed by atoms with Crippen molar-refractivity contribution < 1.29 is 123 Å². The van der Waals surface area contributed by atoms with Crippen LogP contribution in [0.2, 0.25) is 0 Å². The van der Waals surface area contributed by atoms with Gasteiger partial charge in [-0.2, -0.15) is 18.8 Å². The van der Waals surface area contributed by atoms with Crippen molar-refractivity contribution in [2.45, 2.75) is 192 Å². The second-order valence-electron chi connectivity index (χ2n) is 20.3. The second-order valence-corrected chi connectivity index (χ2v) is 31.2. The van der Waals surface area contributed by atoms with E-state index in [1.807, 2.05) is 13.8 Å². The van der Waals surface area contributed by atoms with Gasteiger partial charge in [0.05, 0.1) is 24.6 Å². The Labute approximate surface area is 531 Å². The number of aromatic nitrogens is 6. The summed E-state index contributed by atoms with van der Waals surface area (Å²) in [6.07, 6.45) is 9.26. The zero-order valence-electron chi connectivity index (χ0n) is 51.5. The van der Waals surface area contributed by atoms with Crippen molar-refractivity contribution in [2.75, 3.05) is 37.8 Å². The number of nitrogen functional groups attached to an aromatic ring is 2. The molecule has 3 unspecified atom stereocenters. The van der Waals surface area contributed by atoms with Crippen LogP contribution in [0.1, 0.15) is 168 Å². The van der Waals surface area contributed by atoms with Crippen LogP contribution < -0.4 is 26.5 Å². The van der Waals surface area contributed by atoms with Gasteiger partial charge in [0.15, 0.2) is 47.1 Å². The number of nitrogens with one attached hydrogen (secondary N) is 2. The topological polar surface area (TPSA) is 581 Å². The van der Waals surface area contributed by atoms with Crippen LogP contribution in [0, 0.1) is 11.6 Å². The fourth-order valence-corrected chi connectivity index (χ4v) is 15.3. The number of ether oxygens (including phenoxy) is 2. The van der Waals surface area contributed by atoms with Crippen molar-refractivity contribution >= 4 is 60.9 Å². The van der Waals surface area contributed by atoms with Crippen molar-refractivity contribution in [3.05, 3.63) is 68.7 Å². The average Bonchev–Trinajstić information content (AvgIpc) is 1.68. The molecule has 11 atom stereocenters. The molecule has 0 saturated carbocycles. The third kappa shape index (κ3) is 23.7. The molecule has 2 fully saturated rings. The Morgan fingerprint density at radius 3 is 1.43 bits per heavy atom. The molecule has 47 heteroatoms. The fraction of sp³-hybridized carbons (Fsp3) is 0.739. The van der Waals surface area contributed by atoms with Crippen molar-refractivity contribution in [3.8, 4) is 0 Å². The molecule has 6 rings (SSSR count). The van der Waals surface area contributed by atoms with Gasteiger partial charge < -0.3 is 55.8 Å². The van der Waals surface area contributed by atoms with Crippen LogP contribution in [0.25, 0.3) is 31.9 Å². The van der Waals surface area contributed by atoms with Gasteiger partial charge >= 0.3 is 135 Å². The molecule has 4 aromatic rings. The molecule has 2 aliphatic rings. The minimum Gasteiger partial charge on any atom is -0.393 e. The van der Waals surface area contributed by atoms with Gasteiger partial charge in [-0.1, -0.05) is 115 Å². The Morgan fingerprint density at radius 1 is 0.699 bits per heavy atom. The monoisotopic (exact) mass is 1440 g/mol. The standard InChI is InChI=1S/C11H14F2N7O12P3.C11H11F2N7O3.C8H22N2O7P2.2C8H18/c12-4-1-5(20-7(4)10(14)16-3-17-20)8-6(13)9(21)11(30-8,18-19-15)2-29-34(25,26)32-35(27,28)31-33(22,23)24;12-4-1-5(20-7(4)10(14)16-3-17-20)8-6(13)9(22)11(2-21,23-8)18-19-15;1-3-5-7-9-19(16-12,17-15-11,18(13)14)10-8-6-4-2;2*1-3-5-7-8-6-4-2/h1,3,6,8-9,21H,2H2,(H,25,26)(H,27,28)(H2,14,16,17)(H2,22,23,24);1,3,6,8-9,21-22H,2H2,(H2,14,16,17);9-12H,3-8H2,1-2H3;2*3-8H2,1-2H3/t2*6-,8-,9-,11+;;;/m00.../s1. The van der Waals surface area contributed by atoms with E-state index >= 15 is 4.39 Å². The number of hydrogen-bond acceptors (Lipinski definition) is 28. The minimum atomic E-state index is -5.90. The summed E-state index contributed by atoms with van der Waals surface area (Å²) in [6, 6.07) is 1.65. The van der Waals surface area contributed by atoms with Gasteiger partial charge in [-0.25, -0.2) is 50.3 Å². The summed E-state index contributed by atoms with van der Waals surface area (Å²) in [5.74, 6) is -2.33. The summed E-state index contributed by atoms with van der Waals surface area (Å²) in [5.41, 5.74) is 22.4. The molecule has 0 bridgehead atoms. The molecule has 0 aromatic carbocycles. The van der Waals surface area contributed by atoms with Crippen LogP contribution in [0.3, 0.4) is 0 Å². The maximum absolute atomic E-state index is 15.0. The number of halogens is 4. The number of phosphoric ester groups is 1. The SMILES string of the molecule is CCCCCCCC.CCCCCCCC.CCCCNP(NCCCC)(OO)(OOO)[P+](=O)[O-].[N-]=[N+]=N[C@]1(CO)O[C@@H](c2cc(F)c3c(N)ncnn23)[C@H](F)[C@@H]1O.[N-]=[N+]=N[C@]1(COP(=O)(O)OP(=O)(O)OP(=O)(O)O)O[C@@H](c2cc(F)c3c(N)ncnn23)[C@H](F)[C@@H]1O. The summed E-state index contributed by atoms with van der Waals surface area (Å²) in [6.45, 7) is 10.7. The first-order chi connectivity index (χ1) is 43.8. The van der Waals surface area contributed by atoms with E-state index in [1.165, 1.54) is 77.0 Å². The predicted octanol–water partition coefficient (Wildman–Crippen LogP) is 9.43. The number of rotatable bonds is 34. The minimum absolute atomic E-state index is 0.110. The number of phosphoric acid groups is 3. The predicted molar refractivity (Wildman–Crippen MR) is 322 cm³/mol. The number of unbranched alkanes of at least 4 members (excludes halogenated alkanes) is 12. The van der Waals surface area contributed by atoms with Crippen LogP contribution >= 0.6 is 38.2 Å². The average molecular weight is 1440 g/mol. The van der Waals surface area contributed by atoms with Crippen LogP contribution in [0.5, 0.6) is 0 Å². The molecule has 6 heterocycles. The molecular weight excluding hydrogens is 1360 g/mol. The molecule has 93 heavy (non-hydrogen) atoms. The Kier molecular flexibility index (Phi) is 36.2. The molecule has 15 N–H and O–H groups in total. The number of alkyl halides is 2. The normalized spacial score (nSPS) is 23.0. The van der Waals surface area contributed by atoms with Gasteiger partial charge in [0.25, 0.3) is 0 Å². The second kappa shape index (κ2) is 39.7.